The number of benzene rings is 2. The number of amides is 2. The van der Waals surface area contributed by atoms with E-state index >= 15 is 0 Å². The van der Waals surface area contributed by atoms with Crippen LogP contribution in [0.1, 0.15) is 5.56 Å². The molecule has 0 unspecified atom stereocenters. The van der Waals surface area contributed by atoms with Crippen LogP contribution in [0.15, 0.2) is 47.0 Å². The van der Waals surface area contributed by atoms with E-state index in [0.29, 0.717) is 5.69 Å². The second kappa shape index (κ2) is 4.31. The van der Waals surface area contributed by atoms with Crippen LogP contribution in [0.5, 0.6) is 0 Å². The topological polar surface area (TPSA) is 37.4 Å². The molecule has 1 aliphatic rings. The van der Waals surface area contributed by atoms with Crippen molar-refractivity contribution in [3.63, 3.8) is 0 Å². The molecule has 4 heteroatoms. The number of rotatable bonds is 1. The van der Waals surface area contributed by atoms with Gasteiger partial charge in [-0.2, -0.15) is 0 Å². The first kappa shape index (κ1) is 12.1. The lowest BCUT2D eigenvalue weighted by atomic mass is 10.0. The highest BCUT2D eigenvalue weighted by atomic mass is 79.9. The Kier molecular flexibility index (Phi) is 2.75. The molecule has 3 rings (SSSR count). The largest absolute Gasteiger partial charge is 0.269 e. The van der Waals surface area contributed by atoms with Crippen molar-refractivity contribution in [2.45, 2.75) is 6.92 Å². The van der Waals surface area contributed by atoms with Crippen molar-refractivity contribution in [1.82, 2.24) is 0 Å². The SMILES string of the molecule is Cc1cc(Br)c2ccccc2c1N1C(=O)C=CC1=O. The van der Waals surface area contributed by atoms with Crippen molar-refractivity contribution >= 4 is 44.2 Å². The van der Waals surface area contributed by atoms with Crippen LogP contribution in [0.25, 0.3) is 10.8 Å². The van der Waals surface area contributed by atoms with Crippen molar-refractivity contribution in [3.05, 3.63) is 52.5 Å². The van der Waals surface area contributed by atoms with Gasteiger partial charge < -0.3 is 0 Å². The highest BCUT2D eigenvalue weighted by Gasteiger charge is 2.28. The van der Waals surface area contributed by atoms with Crippen molar-refractivity contribution in [3.8, 4) is 0 Å². The fourth-order valence-corrected chi connectivity index (χ4v) is 3.05. The van der Waals surface area contributed by atoms with Crippen molar-refractivity contribution in [1.29, 1.82) is 0 Å². The first-order chi connectivity index (χ1) is 9.09. The minimum absolute atomic E-state index is 0.291. The van der Waals surface area contributed by atoms with Gasteiger partial charge in [0.05, 0.1) is 5.69 Å². The maximum absolute atomic E-state index is 11.9. The molecule has 1 aliphatic heterocycles. The van der Waals surface area contributed by atoms with Crippen LogP contribution in [0.3, 0.4) is 0 Å². The van der Waals surface area contributed by atoms with E-state index in [1.54, 1.807) is 0 Å². The van der Waals surface area contributed by atoms with Gasteiger partial charge in [-0.1, -0.05) is 40.2 Å². The molecular weight excluding hydrogens is 306 g/mol. The van der Waals surface area contributed by atoms with E-state index in [-0.39, 0.29) is 11.8 Å². The average molecular weight is 316 g/mol. The van der Waals surface area contributed by atoms with E-state index in [1.165, 1.54) is 17.1 Å². The molecule has 0 saturated heterocycles. The monoisotopic (exact) mass is 315 g/mol. The molecule has 0 saturated carbocycles. The predicted molar refractivity (Wildman–Crippen MR) is 78.0 cm³/mol. The third-order valence-corrected chi connectivity index (χ3v) is 3.85. The van der Waals surface area contributed by atoms with Gasteiger partial charge in [0.25, 0.3) is 11.8 Å². The lowest BCUT2D eigenvalue weighted by Gasteiger charge is -2.20. The zero-order valence-corrected chi connectivity index (χ0v) is 11.8. The van der Waals surface area contributed by atoms with Gasteiger partial charge in [-0.05, 0) is 23.9 Å². The first-order valence-electron chi connectivity index (χ1n) is 5.83. The maximum atomic E-state index is 11.9. The normalized spacial score (nSPS) is 14.7. The Bertz CT molecular complexity index is 731. The van der Waals surface area contributed by atoms with Crippen LogP contribution in [-0.2, 0) is 9.59 Å². The molecule has 0 bridgehead atoms. The number of nitrogens with zero attached hydrogens (tertiary/aromatic N) is 1. The number of fused-ring (bicyclic) bond motifs is 1. The summed E-state index contributed by atoms with van der Waals surface area (Å²) in [6, 6.07) is 9.63. The number of hydrogen-bond donors (Lipinski definition) is 0. The van der Waals surface area contributed by atoms with E-state index in [1.807, 2.05) is 37.3 Å². The molecular formula is C15H10BrNO2. The Morgan fingerprint density at radius 2 is 1.58 bits per heavy atom. The number of hydrogen-bond acceptors (Lipinski definition) is 2. The Balaban J connectivity index is 2.35. The van der Waals surface area contributed by atoms with Crippen molar-refractivity contribution in [2.75, 3.05) is 4.90 Å². The summed E-state index contributed by atoms with van der Waals surface area (Å²) in [6.07, 6.45) is 2.61. The molecule has 0 radical (unpaired) electrons. The van der Waals surface area contributed by atoms with Crippen LogP contribution in [0.2, 0.25) is 0 Å². The zero-order chi connectivity index (χ0) is 13.6. The molecule has 0 aliphatic carbocycles. The smallest absolute Gasteiger partial charge is 0.258 e. The maximum Gasteiger partial charge on any atom is 0.258 e. The van der Waals surface area contributed by atoms with E-state index in [4.69, 9.17) is 0 Å². The highest BCUT2D eigenvalue weighted by molar-refractivity contribution is 9.10. The minimum atomic E-state index is -0.291. The van der Waals surface area contributed by atoms with Gasteiger partial charge in [0.2, 0.25) is 0 Å². The van der Waals surface area contributed by atoms with E-state index in [0.717, 1.165) is 20.8 Å². The van der Waals surface area contributed by atoms with Crippen LogP contribution >= 0.6 is 15.9 Å². The molecule has 19 heavy (non-hydrogen) atoms. The van der Waals surface area contributed by atoms with Gasteiger partial charge >= 0.3 is 0 Å². The number of imide groups is 1. The molecule has 94 valence electrons. The average Bonchev–Trinajstić information content (AvgIpc) is 2.71. The highest BCUT2D eigenvalue weighted by Crippen LogP contribution is 2.36. The van der Waals surface area contributed by atoms with E-state index in [9.17, 15) is 9.59 Å². The molecule has 2 aromatic carbocycles. The summed E-state index contributed by atoms with van der Waals surface area (Å²) in [5.41, 5.74) is 1.55. The number of carbonyl (C=O) groups is 2. The van der Waals surface area contributed by atoms with Crippen LogP contribution < -0.4 is 4.90 Å². The lowest BCUT2D eigenvalue weighted by molar-refractivity contribution is -0.119. The number of aryl methyl sites for hydroxylation is 1. The quantitative estimate of drug-likeness (QED) is 0.757. The van der Waals surface area contributed by atoms with Crippen LogP contribution in [0, 0.1) is 6.92 Å². The Morgan fingerprint density at radius 1 is 1.00 bits per heavy atom. The number of carbonyl (C=O) groups excluding carboxylic acids is 2. The second-order valence-electron chi connectivity index (χ2n) is 4.41. The van der Waals surface area contributed by atoms with Gasteiger partial charge in [0.15, 0.2) is 0 Å². The third-order valence-electron chi connectivity index (χ3n) is 3.19. The number of anilines is 1. The second-order valence-corrected chi connectivity index (χ2v) is 5.27. The molecule has 2 amide bonds. The molecule has 0 spiro atoms. The number of halogens is 1. The summed E-state index contributed by atoms with van der Waals surface area (Å²) < 4.78 is 0.955. The van der Waals surface area contributed by atoms with E-state index in [2.05, 4.69) is 15.9 Å². The lowest BCUT2D eigenvalue weighted by Crippen LogP contribution is -2.30. The molecule has 0 N–H and O–H groups in total. The zero-order valence-electron chi connectivity index (χ0n) is 10.2. The van der Waals surface area contributed by atoms with Crippen molar-refractivity contribution < 1.29 is 9.59 Å². The van der Waals surface area contributed by atoms with Crippen molar-refractivity contribution in [2.24, 2.45) is 0 Å². The van der Waals surface area contributed by atoms with Gasteiger partial charge in [-0.25, -0.2) is 4.90 Å². The molecule has 3 nitrogen and oxygen atoms in total. The van der Waals surface area contributed by atoms with Gasteiger partial charge in [0.1, 0.15) is 0 Å². The Hall–Kier alpha value is -1.94. The Labute approximate surface area is 118 Å². The molecule has 0 aromatic heterocycles. The van der Waals surface area contributed by atoms with Crippen LogP contribution in [-0.4, -0.2) is 11.8 Å². The molecule has 2 aromatic rings. The predicted octanol–water partition coefficient (Wildman–Crippen LogP) is 3.34. The third kappa shape index (κ3) is 1.79. The summed E-state index contributed by atoms with van der Waals surface area (Å²) in [7, 11) is 0. The minimum Gasteiger partial charge on any atom is -0.269 e. The van der Waals surface area contributed by atoms with Gasteiger partial charge in [-0.15, -0.1) is 0 Å². The summed E-state index contributed by atoms with van der Waals surface area (Å²) in [6.45, 7) is 1.89. The summed E-state index contributed by atoms with van der Waals surface area (Å²) in [4.78, 5) is 25.0. The fraction of sp³-hybridized carbons (Fsp3) is 0.0667. The Morgan fingerprint density at radius 3 is 2.21 bits per heavy atom. The van der Waals surface area contributed by atoms with Crippen LogP contribution in [0.4, 0.5) is 5.69 Å². The molecule has 0 atom stereocenters. The summed E-state index contributed by atoms with van der Waals surface area (Å²) >= 11 is 3.52. The van der Waals surface area contributed by atoms with Gasteiger partial charge in [0, 0.05) is 22.0 Å². The van der Waals surface area contributed by atoms with Gasteiger partial charge in [-0.3, -0.25) is 9.59 Å². The molecule has 0 fully saturated rings. The fourth-order valence-electron chi connectivity index (χ4n) is 2.36. The first-order valence-corrected chi connectivity index (χ1v) is 6.63. The standard InChI is InChI=1S/C15H10BrNO2/c1-9-8-12(16)10-4-2-3-5-11(10)15(9)17-13(18)6-7-14(17)19/h2-8H,1H3. The van der Waals surface area contributed by atoms with E-state index < -0.39 is 0 Å². The summed E-state index contributed by atoms with van der Waals surface area (Å²) in [5, 5.41) is 1.87. The summed E-state index contributed by atoms with van der Waals surface area (Å²) in [5.74, 6) is -0.582. The molecule has 1 heterocycles.